The predicted molar refractivity (Wildman–Crippen MR) is 53.2 cm³/mol. The third-order valence-electron chi connectivity index (χ3n) is 1.82. The lowest BCUT2D eigenvalue weighted by atomic mass is 10.0. The van der Waals surface area contributed by atoms with Crippen molar-refractivity contribution in [2.24, 2.45) is 0 Å². The molecule has 0 saturated carbocycles. The van der Waals surface area contributed by atoms with Gasteiger partial charge in [-0.05, 0) is 13.0 Å². The molecular weight excluding hydrogens is 204 g/mol. The molecule has 4 heteroatoms. The first-order chi connectivity index (χ1) is 6.46. The number of methoxy groups -OCH3 is 1. The van der Waals surface area contributed by atoms with Gasteiger partial charge < -0.3 is 9.84 Å². The van der Waals surface area contributed by atoms with Crippen molar-refractivity contribution in [2.75, 3.05) is 7.11 Å². The second-order valence-corrected chi connectivity index (χ2v) is 3.73. The van der Waals surface area contributed by atoms with E-state index in [9.17, 15) is 9.90 Å². The maximum absolute atomic E-state index is 11.3. The Morgan fingerprint density at radius 2 is 2.07 bits per heavy atom. The van der Waals surface area contributed by atoms with Gasteiger partial charge in [0.15, 0.2) is 5.06 Å². The van der Waals surface area contributed by atoms with E-state index in [1.807, 2.05) is 0 Å². The Kier molecular flexibility index (Phi) is 3.13. The van der Waals surface area contributed by atoms with Crippen LogP contribution < -0.4 is 0 Å². The monoisotopic (exact) mass is 214 g/mol. The van der Waals surface area contributed by atoms with Crippen LogP contribution in [0.5, 0.6) is 0 Å². The molecule has 0 radical (unpaired) electrons. The number of halogens is 1. The van der Waals surface area contributed by atoms with Crippen molar-refractivity contribution in [3.63, 3.8) is 0 Å². The number of rotatable bonds is 2. The lowest BCUT2D eigenvalue weighted by Gasteiger charge is -2.17. The first kappa shape index (κ1) is 11.0. The first-order valence-electron chi connectivity index (χ1n) is 4.06. The van der Waals surface area contributed by atoms with Crippen molar-refractivity contribution in [2.45, 2.75) is 12.0 Å². The molecule has 0 aliphatic rings. The average molecular weight is 215 g/mol. The van der Waals surface area contributed by atoms with Gasteiger partial charge in [0.2, 0.25) is 0 Å². The van der Waals surface area contributed by atoms with Gasteiger partial charge in [0.05, 0.1) is 12.7 Å². The lowest BCUT2D eigenvalue weighted by Crippen LogP contribution is -2.17. The molecule has 14 heavy (non-hydrogen) atoms. The number of benzene rings is 1. The van der Waals surface area contributed by atoms with Crippen molar-refractivity contribution < 1.29 is 14.6 Å². The molecule has 0 aliphatic heterocycles. The van der Waals surface area contributed by atoms with Crippen molar-refractivity contribution >= 4 is 17.6 Å². The van der Waals surface area contributed by atoms with Crippen LogP contribution in [0.1, 0.15) is 22.8 Å². The van der Waals surface area contributed by atoms with Crippen LogP contribution >= 0.6 is 11.6 Å². The van der Waals surface area contributed by atoms with E-state index >= 15 is 0 Å². The summed E-state index contributed by atoms with van der Waals surface area (Å²) in [5.41, 5.74) is 0.614. The molecule has 0 fully saturated rings. The fraction of sp³-hybridized carbons (Fsp3) is 0.300. The number of ether oxygens (including phenoxy) is 1. The SMILES string of the molecule is COC(=O)c1ccccc1C(C)(O)Cl. The van der Waals surface area contributed by atoms with Gasteiger partial charge in [0.25, 0.3) is 0 Å². The summed E-state index contributed by atoms with van der Waals surface area (Å²) < 4.78 is 4.56. The van der Waals surface area contributed by atoms with Crippen LogP contribution in [0.4, 0.5) is 0 Å². The highest BCUT2D eigenvalue weighted by atomic mass is 35.5. The maximum atomic E-state index is 11.3. The van der Waals surface area contributed by atoms with Gasteiger partial charge in [-0.25, -0.2) is 4.79 Å². The molecule has 1 aromatic carbocycles. The normalized spacial score (nSPS) is 14.6. The molecule has 0 aliphatic carbocycles. The molecular formula is C10H11ClO3. The summed E-state index contributed by atoms with van der Waals surface area (Å²) in [6.07, 6.45) is 0. The molecule has 76 valence electrons. The fourth-order valence-corrected chi connectivity index (χ4v) is 1.33. The Morgan fingerprint density at radius 1 is 1.50 bits per heavy atom. The molecule has 1 N–H and O–H groups in total. The third-order valence-corrected chi connectivity index (χ3v) is 2.03. The van der Waals surface area contributed by atoms with E-state index in [1.54, 1.807) is 24.3 Å². The molecule has 0 amide bonds. The van der Waals surface area contributed by atoms with E-state index in [0.29, 0.717) is 5.56 Å². The summed E-state index contributed by atoms with van der Waals surface area (Å²) >= 11 is 5.71. The van der Waals surface area contributed by atoms with Gasteiger partial charge in [-0.15, -0.1) is 0 Å². The predicted octanol–water partition coefficient (Wildman–Crippen LogP) is 1.88. The zero-order chi connectivity index (χ0) is 10.8. The van der Waals surface area contributed by atoms with Gasteiger partial charge >= 0.3 is 5.97 Å². The molecule has 1 unspecified atom stereocenters. The number of aliphatic hydroxyl groups is 1. The van der Waals surface area contributed by atoms with E-state index in [4.69, 9.17) is 11.6 Å². The number of carbonyl (C=O) groups excluding carboxylic acids is 1. The summed E-state index contributed by atoms with van der Waals surface area (Å²) in [7, 11) is 1.28. The Labute approximate surface area is 87.3 Å². The van der Waals surface area contributed by atoms with E-state index in [2.05, 4.69) is 4.74 Å². The second kappa shape index (κ2) is 3.98. The fourth-order valence-electron chi connectivity index (χ4n) is 1.17. The first-order valence-corrected chi connectivity index (χ1v) is 4.43. The zero-order valence-electron chi connectivity index (χ0n) is 7.95. The molecule has 0 heterocycles. The van der Waals surface area contributed by atoms with E-state index in [-0.39, 0.29) is 5.56 Å². The van der Waals surface area contributed by atoms with Crippen LogP contribution in [-0.2, 0) is 9.80 Å². The minimum atomic E-state index is -1.56. The Morgan fingerprint density at radius 3 is 2.57 bits per heavy atom. The molecule has 0 spiro atoms. The highest BCUT2D eigenvalue weighted by Gasteiger charge is 2.25. The van der Waals surface area contributed by atoms with Gasteiger partial charge in [0.1, 0.15) is 0 Å². The lowest BCUT2D eigenvalue weighted by molar-refractivity contribution is 0.0590. The summed E-state index contributed by atoms with van der Waals surface area (Å²) in [5, 5.41) is 8.01. The summed E-state index contributed by atoms with van der Waals surface area (Å²) in [5.74, 6) is -0.512. The zero-order valence-corrected chi connectivity index (χ0v) is 8.71. The number of esters is 1. The van der Waals surface area contributed by atoms with Crippen LogP contribution in [0.15, 0.2) is 24.3 Å². The van der Waals surface area contributed by atoms with Crippen LogP contribution in [0.3, 0.4) is 0 Å². The smallest absolute Gasteiger partial charge is 0.338 e. The van der Waals surface area contributed by atoms with E-state index in [0.717, 1.165) is 0 Å². The van der Waals surface area contributed by atoms with Crippen molar-refractivity contribution in [1.29, 1.82) is 0 Å². The van der Waals surface area contributed by atoms with Crippen LogP contribution in [0.25, 0.3) is 0 Å². The topological polar surface area (TPSA) is 46.5 Å². The van der Waals surface area contributed by atoms with Crippen LogP contribution in [0, 0.1) is 0 Å². The number of hydrogen-bond donors (Lipinski definition) is 1. The number of carbonyl (C=O) groups is 1. The van der Waals surface area contributed by atoms with Gasteiger partial charge in [-0.1, -0.05) is 29.8 Å². The van der Waals surface area contributed by atoms with Crippen LogP contribution in [0.2, 0.25) is 0 Å². The molecule has 1 rings (SSSR count). The minimum Gasteiger partial charge on any atom is -0.465 e. The quantitative estimate of drug-likeness (QED) is 0.604. The van der Waals surface area contributed by atoms with Crippen molar-refractivity contribution in [3.05, 3.63) is 35.4 Å². The number of hydrogen-bond acceptors (Lipinski definition) is 3. The standard InChI is InChI=1S/C10H11ClO3/c1-10(11,13)8-6-4-3-5-7(8)9(12)14-2/h3-6,13H,1-2H3. The maximum Gasteiger partial charge on any atom is 0.338 e. The van der Waals surface area contributed by atoms with Gasteiger partial charge in [0, 0.05) is 5.56 Å². The minimum absolute atomic E-state index is 0.273. The number of alkyl halides is 1. The molecule has 0 saturated heterocycles. The Bertz CT molecular complexity index is 341. The summed E-state index contributed by atoms with van der Waals surface area (Å²) in [6.45, 7) is 1.40. The van der Waals surface area contributed by atoms with Crippen molar-refractivity contribution in [1.82, 2.24) is 0 Å². The molecule has 1 aromatic rings. The molecule has 3 nitrogen and oxygen atoms in total. The highest BCUT2D eigenvalue weighted by Crippen LogP contribution is 2.28. The molecule has 0 bridgehead atoms. The van der Waals surface area contributed by atoms with Crippen LogP contribution in [-0.4, -0.2) is 18.2 Å². The summed E-state index contributed by atoms with van der Waals surface area (Å²) in [6, 6.07) is 6.51. The molecule has 1 atom stereocenters. The molecule has 0 aromatic heterocycles. The third kappa shape index (κ3) is 2.25. The Balaban J connectivity index is 3.23. The van der Waals surface area contributed by atoms with E-state index in [1.165, 1.54) is 14.0 Å². The summed E-state index contributed by atoms with van der Waals surface area (Å²) in [4.78, 5) is 11.3. The highest BCUT2D eigenvalue weighted by molar-refractivity contribution is 6.23. The average Bonchev–Trinajstić information content (AvgIpc) is 2.15. The van der Waals surface area contributed by atoms with Gasteiger partial charge in [-0.3, -0.25) is 0 Å². The Hall–Kier alpha value is -1.06. The van der Waals surface area contributed by atoms with Gasteiger partial charge in [-0.2, -0.15) is 0 Å². The van der Waals surface area contributed by atoms with Crippen molar-refractivity contribution in [3.8, 4) is 0 Å². The second-order valence-electron chi connectivity index (χ2n) is 2.99. The van der Waals surface area contributed by atoms with E-state index < -0.39 is 11.0 Å². The largest absolute Gasteiger partial charge is 0.465 e.